The monoisotopic (exact) mass is 239 g/mol. The topological polar surface area (TPSA) is 38.3 Å². The fraction of sp³-hybridized carbons (Fsp3) is 0.929. The molecule has 0 bridgehead atoms. The first-order valence-corrected chi connectivity index (χ1v) is 7.08. The van der Waals surface area contributed by atoms with Crippen LogP contribution in [0, 0.1) is 17.8 Å². The van der Waals surface area contributed by atoms with E-state index in [2.05, 4.69) is 19.2 Å². The number of carbonyl (C=O) groups excluding carboxylic acids is 1. The smallest absolute Gasteiger partial charge is 0.310 e. The normalized spacial score (nSPS) is 38.7. The summed E-state index contributed by atoms with van der Waals surface area (Å²) in [6.45, 7) is 6.42. The average molecular weight is 239 g/mol. The first kappa shape index (κ1) is 12.9. The van der Waals surface area contributed by atoms with Crippen molar-refractivity contribution >= 4 is 5.97 Å². The van der Waals surface area contributed by atoms with Crippen molar-refractivity contribution in [3.63, 3.8) is 0 Å². The van der Waals surface area contributed by atoms with Crippen LogP contribution in [0.4, 0.5) is 0 Å². The van der Waals surface area contributed by atoms with E-state index in [1.165, 1.54) is 6.42 Å². The minimum atomic E-state index is 0.0314. The molecule has 0 spiro atoms. The number of esters is 1. The Bertz CT molecular complexity index is 261. The summed E-state index contributed by atoms with van der Waals surface area (Å²) in [5.74, 6) is 1.59. The molecule has 2 rings (SSSR count). The van der Waals surface area contributed by atoms with Crippen LogP contribution in [-0.4, -0.2) is 25.2 Å². The Labute approximate surface area is 104 Å². The van der Waals surface area contributed by atoms with Crippen molar-refractivity contribution in [3.05, 3.63) is 0 Å². The average Bonchev–Trinajstić information content (AvgIpc) is 2.35. The van der Waals surface area contributed by atoms with E-state index in [-0.39, 0.29) is 18.0 Å². The lowest BCUT2D eigenvalue weighted by molar-refractivity contribution is -0.157. The lowest BCUT2D eigenvalue weighted by atomic mass is 9.80. The highest BCUT2D eigenvalue weighted by Crippen LogP contribution is 2.31. The number of rotatable bonds is 2. The van der Waals surface area contributed by atoms with Gasteiger partial charge in [0, 0.05) is 6.54 Å². The number of ether oxygens (including phenoxy) is 1. The molecule has 0 aromatic rings. The summed E-state index contributed by atoms with van der Waals surface area (Å²) in [6.07, 6.45) is 5.56. The summed E-state index contributed by atoms with van der Waals surface area (Å²) in [5, 5.41) is 3.27. The van der Waals surface area contributed by atoms with Crippen molar-refractivity contribution in [3.8, 4) is 0 Å². The Balaban J connectivity index is 1.78. The second-order valence-corrected chi connectivity index (χ2v) is 5.87. The minimum Gasteiger partial charge on any atom is -0.462 e. The van der Waals surface area contributed by atoms with Crippen LogP contribution >= 0.6 is 0 Å². The zero-order valence-corrected chi connectivity index (χ0v) is 11.1. The van der Waals surface area contributed by atoms with Crippen molar-refractivity contribution < 1.29 is 9.53 Å². The zero-order chi connectivity index (χ0) is 12.3. The van der Waals surface area contributed by atoms with Crippen LogP contribution < -0.4 is 5.32 Å². The molecule has 2 aliphatic rings. The van der Waals surface area contributed by atoms with E-state index in [1.54, 1.807) is 0 Å². The molecule has 1 saturated carbocycles. The van der Waals surface area contributed by atoms with Gasteiger partial charge in [-0.25, -0.2) is 0 Å². The molecule has 1 saturated heterocycles. The summed E-state index contributed by atoms with van der Waals surface area (Å²) in [4.78, 5) is 12.0. The first-order valence-electron chi connectivity index (χ1n) is 7.08. The highest BCUT2D eigenvalue weighted by atomic mass is 16.5. The van der Waals surface area contributed by atoms with E-state index < -0.39 is 0 Å². The highest BCUT2D eigenvalue weighted by molar-refractivity contribution is 5.73. The number of nitrogens with one attached hydrogen (secondary N) is 1. The number of hydrogen-bond acceptors (Lipinski definition) is 3. The molecule has 1 N–H and O–H groups in total. The van der Waals surface area contributed by atoms with Gasteiger partial charge in [-0.05, 0) is 50.5 Å². The van der Waals surface area contributed by atoms with Gasteiger partial charge in [0.15, 0.2) is 0 Å². The van der Waals surface area contributed by atoms with Crippen LogP contribution in [-0.2, 0) is 9.53 Å². The van der Waals surface area contributed by atoms with Gasteiger partial charge in [-0.3, -0.25) is 4.79 Å². The predicted molar refractivity (Wildman–Crippen MR) is 67.7 cm³/mol. The molecule has 3 heteroatoms. The third-order valence-corrected chi connectivity index (χ3v) is 4.46. The van der Waals surface area contributed by atoms with Gasteiger partial charge in [0.1, 0.15) is 6.10 Å². The second-order valence-electron chi connectivity index (χ2n) is 5.87. The van der Waals surface area contributed by atoms with E-state index in [9.17, 15) is 4.79 Å². The lowest BCUT2D eigenvalue weighted by Gasteiger charge is -2.33. The molecule has 4 atom stereocenters. The van der Waals surface area contributed by atoms with Gasteiger partial charge in [0.2, 0.25) is 0 Å². The molecule has 1 aliphatic carbocycles. The van der Waals surface area contributed by atoms with E-state index >= 15 is 0 Å². The van der Waals surface area contributed by atoms with Crippen LogP contribution in [0.1, 0.15) is 46.0 Å². The van der Waals surface area contributed by atoms with Gasteiger partial charge in [-0.15, -0.1) is 0 Å². The van der Waals surface area contributed by atoms with Crippen molar-refractivity contribution in [2.45, 2.75) is 52.1 Å². The van der Waals surface area contributed by atoms with Gasteiger partial charge in [0.25, 0.3) is 0 Å². The largest absolute Gasteiger partial charge is 0.462 e. The second kappa shape index (κ2) is 5.85. The predicted octanol–water partition coefficient (Wildman–Crippen LogP) is 2.35. The molecule has 0 amide bonds. The molecule has 0 radical (unpaired) electrons. The SMILES string of the molecule is CC1CCC(OC(=O)[C@H]2CCCNC2)CC1C. The Morgan fingerprint density at radius 3 is 2.65 bits per heavy atom. The summed E-state index contributed by atoms with van der Waals surface area (Å²) >= 11 is 0. The highest BCUT2D eigenvalue weighted by Gasteiger charge is 2.30. The maximum Gasteiger partial charge on any atom is 0.310 e. The molecule has 0 aromatic carbocycles. The molecule has 98 valence electrons. The maximum absolute atomic E-state index is 12.0. The summed E-state index contributed by atoms with van der Waals surface area (Å²) in [7, 11) is 0. The van der Waals surface area contributed by atoms with Gasteiger partial charge in [0.05, 0.1) is 5.92 Å². The first-order chi connectivity index (χ1) is 8.16. The van der Waals surface area contributed by atoms with E-state index in [1.807, 2.05) is 0 Å². The molecule has 2 fully saturated rings. The molecule has 1 heterocycles. The van der Waals surface area contributed by atoms with Gasteiger partial charge >= 0.3 is 5.97 Å². The minimum absolute atomic E-state index is 0.0314. The fourth-order valence-corrected chi connectivity index (χ4v) is 2.92. The Hall–Kier alpha value is -0.570. The van der Waals surface area contributed by atoms with Crippen molar-refractivity contribution in [2.24, 2.45) is 17.8 Å². The molecule has 3 nitrogen and oxygen atoms in total. The number of carbonyl (C=O) groups is 1. The molecular formula is C14H25NO2. The van der Waals surface area contributed by atoms with E-state index in [0.29, 0.717) is 5.92 Å². The zero-order valence-electron chi connectivity index (χ0n) is 11.1. The van der Waals surface area contributed by atoms with Gasteiger partial charge < -0.3 is 10.1 Å². The van der Waals surface area contributed by atoms with Crippen molar-refractivity contribution in [2.75, 3.05) is 13.1 Å². The number of piperidine rings is 1. The molecule has 1 aliphatic heterocycles. The third kappa shape index (κ3) is 3.44. The Morgan fingerprint density at radius 1 is 1.18 bits per heavy atom. The molecular weight excluding hydrogens is 214 g/mol. The lowest BCUT2D eigenvalue weighted by Crippen LogP contribution is -2.38. The van der Waals surface area contributed by atoms with Crippen LogP contribution in [0.5, 0.6) is 0 Å². The van der Waals surface area contributed by atoms with Crippen molar-refractivity contribution in [1.82, 2.24) is 5.32 Å². The van der Waals surface area contributed by atoms with E-state index in [4.69, 9.17) is 4.74 Å². The van der Waals surface area contributed by atoms with Crippen LogP contribution in [0.3, 0.4) is 0 Å². The van der Waals surface area contributed by atoms with Crippen LogP contribution in [0.15, 0.2) is 0 Å². The van der Waals surface area contributed by atoms with E-state index in [0.717, 1.165) is 44.7 Å². The fourth-order valence-electron chi connectivity index (χ4n) is 2.92. The molecule has 17 heavy (non-hydrogen) atoms. The molecule has 3 unspecified atom stereocenters. The molecule has 0 aromatic heterocycles. The Kier molecular flexibility index (Phi) is 4.43. The Morgan fingerprint density at radius 2 is 2.00 bits per heavy atom. The maximum atomic E-state index is 12.0. The van der Waals surface area contributed by atoms with Gasteiger partial charge in [-0.1, -0.05) is 13.8 Å². The van der Waals surface area contributed by atoms with Gasteiger partial charge in [-0.2, -0.15) is 0 Å². The van der Waals surface area contributed by atoms with Crippen LogP contribution in [0.25, 0.3) is 0 Å². The standard InChI is InChI=1S/C14H25NO2/c1-10-5-6-13(8-11(10)2)17-14(16)12-4-3-7-15-9-12/h10-13,15H,3-9H2,1-2H3/t10?,11?,12-,13?/m0/s1. The summed E-state index contributed by atoms with van der Waals surface area (Å²) in [6, 6.07) is 0. The summed E-state index contributed by atoms with van der Waals surface area (Å²) in [5.41, 5.74) is 0. The quantitative estimate of drug-likeness (QED) is 0.752. The third-order valence-electron chi connectivity index (χ3n) is 4.46. The summed E-state index contributed by atoms with van der Waals surface area (Å²) < 4.78 is 5.67. The number of hydrogen-bond donors (Lipinski definition) is 1. The van der Waals surface area contributed by atoms with Crippen molar-refractivity contribution in [1.29, 1.82) is 0 Å². The van der Waals surface area contributed by atoms with Crippen LogP contribution in [0.2, 0.25) is 0 Å².